The van der Waals surface area contributed by atoms with Gasteiger partial charge in [0, 0.05) is 18.7 Å². The topological polar surface area (TPSA) is 58.6 Å². The number of carbonyl (C=O) groups is 2. The highest BCUT2D eigenvalue weighted by atomic mass is 16.5. The van der Waals surface area contributed by atoms with E-state index >= 15 is 0 Å². The molecule has 0 atom stereocenters. The lowest BCUT2D eigenvalue weighted by Crippen LogP contribution is -2.50. The fourth-order valence-corrected chi connectivity index (χ4v) is 2.17. The molecule has 1 N–H and O–H groups in total. The lowest BCUT2D eigenvalue weighted by molar-refractivity contribution is -0.137. The molecule has 2 rings (SSSR count). The van der Waals surface area contributed by atoms with Crippen molar-refractivity contribution in [1.29, 1.82) is 0 Å². The molecule has 1 saturated heterocycles. The van der Waals surface area contributed by atoms with Crippen molar-refractivity contribution in [1.82, 2.24) is 10.2 Å². The van der Waals surface area contributed by atoms with Gasteiger partial charge in [-0.05, 0) is 13.0 Å². The average molecular weight is 262 g/mol. The standard InChI is InChI=1S/C14H18N2O3/c1-10-3-4-12(19-2)11(7-10)8-14(18)16-6-5-15-13(17)9-16/h3-4,7H,5-6,8-9H2,1-2H3,(H,15,17). The molecule has 5 nitrogen and oxygen atoms in total. The van der Waals surface area contributed by atoms with Crippen LogP contribution in [0.3, 0.4) is 0 Å². The third-order valence-electron chi connectivity index (χ3n) is 3.17. The maximum absolute atomic E-state index is 12.2. The molecule has 0 saturated carbocycles. The first-order valence-corrected chi connectivity index (χ1v) is 6.28. The Morgan fingerprint density at radius 1 is 1.47 bits per heavy atom. The minimum atomic E-state index is -0.101. The van der Waals surface area contributed by atoms with E-state index in [1.807, 2.05) is 25.1 Å². The molecule has 1 heterocycles. The van der Waals surface area contributed by atoms with Crippen molar-refractivity contribution in [2.75, 3.05) is 26.7 Å². The molecule has 0 spiro atoms. The highest BCUT2D eigenvalue weighted by Gasteiger charge is 2.22. The number of hydrogen-bond acceptors (Lipinski definition) is 3. The quantitative estimate of drug-likeness (QED) is 0.863. The van der Waals surface area contributed by atoms with Crippen molar-refractivity contribution in [3.63, 3.8) is 0 Å². The minimum absolute atomic E-state index is 0.0428. The van der Waals surface area contributed by atoms with Crippen molar-refractivity contribution < 1.29 is 14.3 Å². The van der Waals surface area contributed by atoms with Crippen molar-refractivity contribution >= 4 is 11.8 Å². The average Bonchev–Trinajstić information content (AvgIpc) is 2.39. The van der Waals surface area contributed by atoms with E-state index in [-0.39, 0.29) is 24.8 Å². The first-order chi connectivity index (χ1) is 9.10. The number of hydrogen-bond donors (Lipinski definition) is 1. The van der Waals surface area contributed by atoms with E-state index in [9.17, 15) is 9.59 Å². The third-order valence-corrected chi connectivity index (χ3v) is 3.17. The molecule has 1 aliphatic heterocycles. The molecule has 1 aliphatic rings. The van der Waals surface area contributed by atoms with Crippen LogP contribution in [0, 0.1) is 6.92 Å². The summed E-state index contributed by atoms with van der Waals surface area (Å²) in [5.41, 5.74) is 1.94. The van der Waals surface area contributed by atoms with Crippen LogP contribution in [0.2, 0.25) is 0 Å². The lowest BCUT2D eigenvalue weighted by atomic mass is 10.1. The molecule has 1 aromatic carbocycles. The van der Waals surface area contributed by atoms with Crippen LogP contribution in [-0.2, 0) is 16.0 Å². The number of aryl methyl sites for hydroxylation is 1. The minimum Gasteiger partial charge on any atom is -0.496 e. The van der Waals surface area contributed by atoms with Crippen molar-refractivity contribution in [2.45, 2.75) is 13.3 Å². The number of benzene rings is 1. The summed E-state index contributed by atoms with van der Waals surface area (Å²) in [6.45, 7) is 3.21. The van der Waals surface area contributed by atoms with Gasteiger partial charge in [0.25, 0.3) is 0 Å². The highest BCUT2D eigenvalue weighted by molar-refractivity contribution is 5.87. The fraction of sp³-hybridized carbons (Fsp3) is 0.429. The van der Waals surface area contributed by atoms with Gasteiger partial charge in [0.2, 0.25) is 11.8 Å². The summed E-state index contributed by atoms with van der Waals surface area (Å²) in [4.78, 5) is 25.0. The SMILES string of the molecule is COc1ccc(C)cc1CC(=O)N1CCNC(=O)C1. The Hall–Kier alpha value is -2.04. The molecule has 0 bridgehead atoms. The predicted octanol–water partition coefficient (Wildman–Crippen LogP) is 0.505. The summed E-state index contributed by atoms with van der Waals surface area (Å²) in [5.74, 6) is 0.565. The zero-order valence-corrected chi connectivity index (χ0v) is 11.2. The van der Waals surface area contributed by atoms with Gasteiger partial charge >= 0.3 is 0 Å². The summed E-state index contributed by atoms with van der Waals surface area (Å²) in [6.07, 6.45) is 0.262. The molecule has 102 valence electrons. The van der Waals surface area contributed by atoms with Crippen LogP contribution in [0.15, 0.2) is 18.2 Å². The molecule has 0 unspecified atom stereocenters. The van der Waals surface area contributed by atoms with Gasteiger partial charge in [-0.3, -0.25) is 9.59 Å². The molecule has 0 radical (unpaired) electrons. The molecule has 1 fully saturated rings. The Morgan fingerprint density at radius 2 is 2.26 bits per heavy atom. The second-order valence-corrected chi connectivity index (χ2v) is 4.66. The van der Waals surface area contributed by atoms with E-state index in [4.69, 9.17) is 4.74 Å². The monoisotopic (exact) mass is 262 g/mol. The van der Waals surface area contributed by atoms with E-state index in [0.29, 0.717) is 18.8 Å². The lowest BCUT2D eigenvalue weighted by Gasteiger charge is -2.27. The van der Waals surface area contributed by atoms with Crippen LogP contribution in [0.4, 0.5) is 0 Å². The van der Waals surface area contributed by atoms with Gasteiger partial charge < -0.3 is 15.0 Å². The second kappa shape index (κ2) is 5.73. The first kappa shape index (κ1) is 13.4. The smallest absolute Gasteiger partial charge is 0.239 e. The Labute approximate surface area is 112 Å². The summed E-state index contributed by atoms with van der Waals surface area (Å²) in [5, 5.41) is 2.70. The maximum Gasteiger partial charge on any atom is 0.239 e. The Kier molecular flexibility index (Phi) is 4.04. The Morgan fingerprint density at radius 3 is 2.95 bits per heavy atom. The number of amides is 2. The fourth-order valence-electron chi connectivity index (χ4n) is 2.17. The number of nitrogens with zero attached hydrogens (tertiary/aromatic N) is 1. The largest absolute Gasteiger partial charge is 0.496 e. The molecule has 0 aliphatic carbocycles. The first-order valence-electron chi connectivity index (χ1n) is 6.28. The number of piperazine rings is 1. The van der Waals surface area contributed by atoms with Gasteiger partial charge in [0.05, 0.1) is 20.1 Å². The van der Waals surface area contributed by atoms with E-state index in [0.717, 1.165) is 11.1 Å². The predicted molar refractivity (Wildman–Crippen MR) is 71.0 cm³/mol. The van der Waals surface area contributed by atoms with Crippen LogP contribution >= 0.6 is 0 Å². The number of rotatable bonds is 3. The van der Waals surface area contributed by atoms with Gasteiger partial charge in [0.15, 0.2) is 0 Å². The van der Waals surface area contributed by atoms with Gasteiger partial charge in [-0.1, -0.05) is 17.7 Å². The molecular weight excluding hydrogens is 244 g/mol. The van der Waals surface area contributed by atoms with E-state index in [2.05, 4.69) is 5.32 Å². The van der Waals surface area contributed by atoms with E-state index < -0.39 is 0 Å². The summed E-state index contributed by atoms with van der Waals surface area (Å²) in [7, 11) is 1.59. The molecule has 2 amide bonds. The van der Waals surface area contributed by atoms with Crippen molar-refractivity contribution in [3.05, 3.63) is 29.3 Å². The number of ether oxygens (including phenoxy) is 1. The van der Waals surface area contributed by atoms with Crippen LogP contribution < -0.4 is 10.1 Å². The summed E-state index contributed by atoms with van der Waals surface area (Å²) >= 11 is 0. The molecule has 19 heavy (non-hydrogen) atoms. The Bertz CT molecular complexity index is 499. The van der Waals surface area contributed by atoms with Crippen molar-refractivity contribution in [3.8, 4) is 5.75 Å². The van der Waals surface area contributed by atoms with Gasteiger partial charge in [-0.2, -0.15) is 0 Å². The zero-order chi connectivity index (χ0) is 13.8. The highest BCUT2D eigenvalue weighted by Crippen LogP contribution is 2.20. The molecule has 5 heteroatoms. The van der Waals surface area contributed by atoms with E-state index in [1.54, 1.807) is 12.0 Å². The number of carbonyl (C=O) groups excluding carboxylic acids is 2. The summed E-state index contributed by atoms with van der Waals surface area (Å²) < 4.78 is 5.26. The number of nitrogens with one attached hydrogen (secondary N) is 1. The van der Waals surface area contributed by atoms with Gasteiger partial charge in [-0.15, -0.1) is 0 Å². The third kappa shape index (κ3) is 3.24. The van der Waals surface area contributed by atoms with Crippen LogP contribution in [-0.4, -0.2) is 43.5 Å². The molecule has 1 aromatic rings. The molecule has 0 aromatic heterocycles. The molecular formula is C14H18N2O3. The van der Waals surface area contributed by atoms with E-state index in [1.165, 1.54) is 0 Å². The van der Waals surface area contributed by atoms with Crippen LogP contribution in [0.25, 0.3) is 0 Å². The van der Waals surface area contributed by atoms with Gasteiger partial charge in [-0.25, -0.2) is 0 Å². The van der Waals surface area contributed by atoms with Crippen LogP contribution in [0.1, 0.15) is 11.1 Å². The second-order valence-electron chi connectivity index (χ2n) is 4.66. The van der Waals surface area contributed by atoms with Crippen molar-refractivity contribution in [2.24, 2.45) is 0 Å². The van der Waals surface area contributed by atoms with Crippen LogP contribution in [0.5, 0.6) is 5.75 Å². The Balaban J connectivity index is 2.09. The zero-order valence-electron chi connectivity index (χ0n) is 11.2. The summed E-state index contributed by atoms with van der Waals surface area (Å²) in [6, 6.07) is 5.75. The maximum atomic E-state index is 12.2. The van der Waals surface area contributed by atoms with Gasteiger partial charge in [0.1, 0.15) is 5.75 Å². The number of methoxy groups -OCH3 is 1. The normalized spacial score (nSPS) is 15.1.